The number of esters is 1. The molecule has 1 N–H and O–H groups in total. The number of hydrogen-bond donors (Lipinski definition) is 1. The van der Waals surface area contributed by atoms with E-state index in [1.807, 2.05) is 42.7 Å². The number of aromatic nitrogens is 3. The van der Waals surface area contributed by atoms with E-state index < -0.39 is 5.97 Å². The highest BCUT2D eigenvalue weighted by atomic mass is 32.2. The minimum atomic E-state index is -0.431. The van der Waals surface area contributed by atoms with Gasteiger partial charge in [0.05, 0.1) is 17.9 Å². The van der Waals surface area contributed by atoms with Crippen molar-refractivity contribution < 1.29 is 14.3 Å². The Morgan fingerprint density at radius 2 is 2.09 bits per heavy atom. The number of thioether (sulfide) groups is 1. The first kappa shape index (κ1) is 23.7. The normalized spacial score (nSPS) is 10.7. The van der Waals surface area contributed by atoms with Crippen molar-refractivity contribution in [1.82, 2.24) is 14.8 Å². The zero-order valence-electron chi connectivity index (χ0n) is 18.4. The van der Waals surface area contributed by atoms with Gasteiger partial charge in [0, 0.05) is 17.0 Å². The van der Waals surface area contributed by atoms with Crippen LogP contribution in [0.15, 0.2) is 48.1 Å². The van der Waals surface area contributed by atoms with Gasteiger partial charge in [-0.2, -0.15) is 0 Å². The van der Waals surface area contributed by atoms with Crippen LogP contribution in [0.25, 0.3) is 11.4 Å². The van der Waals surface area contributed by atoms with Crippen LogP contribution >= 0.6 is 23.1 Å². The Labute approximate surface area is 195 Å². The Morgan fingerprint density at radius 1 is 1.28 bits per heavy atom. The molecule has 0 saturated heterocycles. The molecule has 0 atom stereocenters. The van der Waals surface area contributed by atoms with Gasteiger partial charge < -0.3 is 10.1 Å². The molecule has 0 aliphatic rings. The van der Waals surface area contributed by atoms with E-state index in [1.165, 1.54) is 23.1 Å². The van der Waals surface area contributed by atoms with Crippen molar-refractivity contribution >= 4 is 40.0 Å². The number of hydrogen-bond acceptors (Lipinski definition) is 7. The van der Waals surface area contributed by atoms with E-state index >= 15 is 0 Å². The van der Waals surface area contributed by atoms with Gasteiger partial charge in [0.1, 0.15) is 5.00 Å². The lowest BCUT2D eigenvalue weighted by atomic mass is 10.1. The van der Waals surface area contributed by atoms with Crippen molar-refractivity contribution in [1.29, 1.82) is 0 Å². The number of anilines is 1. The second-order valence-electron chi connectivity index (χ2n) is 6.94. The summed E-state index contributed by atoms with van der Waals surface area (Å²) >= 11 is 2.68. The third-order valence-corrected chi connectivity index (χ3v) is 6.68. The van der Waals surface area contributed by atoms with E-state index in [0.717, 1.165) is 28.2 Å². The van der Waals surface area contributed by atoms with Crippen LogP contribution in [0, 0.1) is 6.92 Å². The van der Waals surface area contributed by atoms with E-state index in [9.17, 15) is 9.59 Å². The fourth-order valence-corrected chi connectivity index (χ4v) is 4.80. The first-order chi connectivity index (χ1) is 15.5. The van der Waals surface area contributed by atoms with E-state index in [2.05, 4.69) is 22.1 Å². The summed E-state index contributed by atoms with van der Waals surface area (Å²) in [5.41, 5.74) is 2.48. The van der Waals surface area contributed by atoms with E-state index in [1.54, 1.807) is 19.1 Å². The summed E-state index contributed by atoms with van der Waals surface area (Å²) in [6.45, 7) is 10.4. The van der Waals surface area contributed by atoms with Gasteiger partial charge in [0.25, 0.3) is 0 Å². The van der Waals surface area contributed by atoms with Gasteiger partial charge in [0.15, 0.2) is 11.0 Å². The standard InChI is InChI=1S/C23H26N4O3S2/c1-5-11-27-20(16-10-8-9-15(4)12-16)25-26-23(27)31-14-19(28)24-21-18(22(29)30-7-3)13-17(6-2)32-21/h5,8-10,12-13H,1,6-7,11,14H2,2-4H3,(H,24,28). The quantitative estimate of drug-likeness (QED) is 0.256. The number of amides is 1. The first-order valence-corrected chi connectivity index (χ1v) is 12.1. The predicted molar refractivity (Wildman–Crippen MR) is 129 cm³/mol. The lowest BCUT2D eigenvalue weighted by Gasteiger charge is -2.09. The second-order valence-corrected chi connectivity index (χ2v) is 9.02. The van der Waals surface area contributed by atoms with Crippen LogP contribution in [0.5, 0.6) is 0 Å². The number of carbonyl (C=O) groups is 2. The highest BCUT2D eigenvalue weighted by molar-refractivity contribution is 7.99. The van der Waals surface area contributed by atoms with Crippen LogP contribution < -0.4 is 5.32 Å². The molecule has 168 valence electrons. The third kappa shape index (κ3) is 5.66. The SMILES string of the molecule is C=CCn1c(SCC(=O)Nc2sc(CC)cc2C(=O)OCC)nnc1-c1cccc(C)c1. The summed E-state index contributed by atoms with van der Waals surface area (Å²) in [6.07, 6.45) is 2.55. The van der Waals surface area contributed by atoms with E-state index in [-0.39, 0.29) is 18.3 Å². The number of allylic oxidation sites excluding steroid dienone is 1. The van der Waals surface area contributed by atoms with Crippen molar-refractivity contribution in [3.05, 3.63) is 59.0 Å². The molecule has 0 spiro atoms. The highest BCUT2D eigenvalue weighted by Crippen LogP contribution is 2.30. The molecule has 0 bridgehead atoms. The number of thiophene rings is 1. The summed E-state index contributed by atoms with van der Waals surface area (Å²) in [5, 5.41) is 12.6. The fourth-order valence-electron chi connectivity index (χ4n) is 3.05. The average molecular weight is 471 g/mol. The largest absolute Gasteiger partial charge is 0.462 e. The Kier molecular flexibility index (Phi) is 8.24. The minimum Gasteiger partial charge on any atom is -0.462 e. The van der Waals surface area contributed by atoms with Crippen LogP contribution in [0.2, 0.25) is 0 Å². The lowest BCUT2D eigenvalue weighted by molar-refractivity contribution is -0.113. The third-order valence-electron chi connectivity index (χ3n) is 4.52. The van der Waals surface area contributed by atoms with Gasteiger partial charge in [-0.05, 0) is 32.4 Å². The fraction of sp³-hybridized carbons (Fsp3) is 0.304. The molecule has 0 aliphatic heterocycles. The van der Waals surface area contributed by atoms with Crippen molar-refractivity contribution in [2.75, 3.05) is 17.7 Å². The van der Waals surface area contributed by atoms with E-state index in [4.69, 9.17) is 4.74 Å². The number of ether oxygens (including phenoxy) is 1. The number of benzene rings is 1. The molecule has 3 rings (SSSR count). The zero-order chi connectivity index (χ0) is 23.1. The van der Waals surface area contributed by atoms with Crippen LogP contribution in [0.4, 0.5) is 5.00 Å². The monoisotopic (exact) mass is 470 g/mol. The molecule has 3 aromatic rings. The van der Waals surface area contributed by atoms with Crippen LogP contribution in [0.1, 0.15) is 34.6 Å². The molecule has 0 fully saturated rings. The molecule has 9 heteroatoms. The molecular weight excluding hydrogens is 444 g/mol. The Morgan fingerprint density at radius 3 is 2.78 bits per heavy atom. The van der Waals surface area contributed by atoms with Crippen LogP contribution in [-0.2, 0) is 22.5 Å². The summed E-state index contributed by atoms with van der Waals surface area (Å²) in [4.78, 5) is 25.9. The number of nitrogens with zero attached hydrogens (tertiary/aromatic N) is 3. The molecule has 2 aromatic heterocycles. The summed E-state index contributed by atoms with van der Waals surface area (Å²) in [6, 6.07) is 9.81. The van der Waals surface area contributed by atoms with E-state index in [0.29, 0.717) is 22.3 Å². The van der Waals surface area contributed by atoms with Crippen LogP contribution in [-0.4, -0.2) is 39.0 Å². The summed E-state index contributed by atoms with van der Waals surface area (Å²) in [7, 11) is 0. The highest BCUT2D eigenvalue weighted by Gasteiger charge is 2.20. The Balaban J connectivity index is 1.74. The molecular formula is C23H26N4O3S2. The van der Waals surface area contributed by atoms with Crippen molar-refractivity contribution in [3.8, 4) is 11.4 Å². The molecule has 0 saturated carbocycles. The lowest BCUT2D eigenvalue weighted by Crippen LogP contribution is -2.16. The maximum atomic E-state index is 12.7. The first-order valence-electron chi connectivity index (χ1n) is 10.3. The Bertz CT molecular complexity index is 1120. The molecule has 32 heavy (non-hydrogen) atoms. The zero-order valence-corrected chi connectivity index (χ0v) is 20.0. The van der Waals surface area contributed by atoms with Gasteiger partial charge in [0.2, 0.25) is 5.91 Å². The molecule has 2 heterocycles. The minimum absolute atomic E-state index is 0.130. The molecule has 0 unspecified atom stereocenters. The maximum absolute atomic E-state index is 12.7. The van der Waals surface area contributed by atoms with Crippen molar-refractivity contribution in [3.63, 3.8) is 0 Å². The number of nitrogens with one attached hydrogen (secondary N) is 1. The molecule has 1 amide bonds. The van der Waals surface area contributed by atoms with Crippen LogP contribution in [0.3, 0.4) is 0 Å². The van der Waals surface area contributed by atoms with Gasteiger partial charge >= 0.3 is 5.97 Å². The maximum Gasteiger partial charge on any atom is 0.341 e. The van der Waals surface area contributed by atoms with Gasteiger partial charge in [-0.15, -0.1) is 28.1 Å². The number of aryl methyl sites for hydroxylation is 2. The number of carbonyl (C=O) groups excluding carboxylic acids is 2. The summed E-state index contributed by atoms with van der Waals surface area (Å²) < 4.78 is 7.05. The molecule has 0 aliphatic carbocycles. The molecule has 0 radical (unpaired) electrons. The van der Waals surface area contributed by atoms with Crippen molar-refractivity contribution in [2.45, 2.75) is 38.9 Å². The molecule has 1 aromatic carbocycles. The van der Waals surface area contributed by atoms with Gasteiger partial charge in [-0.1, -0.05) is 48.5 Å². The van der Waals surface area contributed by atoms with Gasteiger partial charge in [-0.25, -0.2) is 4.79 Å². The predicted octanol–water partition coefficient (Wildman–Crippen LogP) is 4.97. The summed E-state index contributed by atoms with van der Waals surface area (Å²) in [5.74, 6) is 0.201. The van der Waals surface area contributed by atoms with Crippen molar-refractivity contribution in [2.24, 2.45) is 0 Å². The Hall–Kier alpha value is -2.91. The smallest absolute Gasteiger partial charge is 0.341 e. The molecule has 7 nitrogen and oxygen atoms in total. The average Bonchev–Trinajstić information content (AvgIpc) is 3.37. The van der Waals surface area contributed by atoms with Gasteiger partial charge in [-0.3, -0.25) is 9.36 Å². The number of rotatable bonds is 10. The topological polar surface area (TPSA) is 86.1 Å². The second kappa shape index (κ2) is 11.1.